The van der Waals surface area contributed by atoms with Crippen LogP contribution in [0, 0.1) is 6.92 Å². The third-order valence-electron chi connectivity index (χ3n) is 4.37. The Morgan fingerprint density at radius 2 is 1.78 bits per heavy atom. The fourth-order valence-electron chi connectivity index (χ4n) is 2.90. The van der Waals surface area contributed by atoms with Gasteiger partial charge in [-0.05, 0) is 48.7 Å². The molecule has 0 aliphatic carbocycles. The van der Waals surface area contributed by atoms with Gasteiger partial charge in [0.25, 0.3) is 0 Å². The lowest BCUT2D eigenvalue weighted by Crippen LogP contribution is -2.49. The van der Waals surface area contributed by atoms with Crippen molar-refractivity contribution >= 4 is 21.6 Å². The van der Waals surface area contributed by atoms with Crippen LogP contribution in [0.4, 0.5) is 5.69 Å². The molecular formula is C20H26N2O4S. The molecule has 0 spiro atoms. The molecule has 0 bridgehead atoms. The highest BCUT2D eigenvalue weighted by Gasteiger charge is 2.31. The summed E-state index contributed by atoms with van der Waals surface area (Å²) in [5, 5.41) is 2.87. The molecule has 1 atom stereocenters. The van der Waals surface area contributed by atoms with Gasteiger partial charge < -0.3 is 10.1 Å². The highest BCUT2D eigenvalue weighted by atomic mass is 32.2. The molecule has 0 radical (unpaired) electrons. The summed E-state index contributed by atoms with van der Waals surface area (Å²) in [6, 6.07) is 13.5. The molecule has 27 heavy (non-hydrogen) atoms. The second kappa shape index (κ2) is 8.90. The third-order valence-corrected chi connectivity index (χ3v) is 5.55. The predicted octanol–water partition coefficient (Wildman–Crippen LogP) is 2.86. The van der Waals surface area contributed by atoms with Crippen LogP contribution in [0.1, 0.15) is 24.5 Å². The molecule has 1 amide bonds. The molecule has 0 aliphatic heterocycles. The van der Waals surface area contributed by atoms with E-state index in [2.05, 4.69) is 5.32 Å². The SMILES string of the molecule is CC[C@@H](C(=O)NCc1ccccc1C)N(c1ccc(OC)cc1)S(C)(=O)=O. The molecule has 0 fully saturated rings. The summed E-state index contributed by atoms with van der Waals surface area (Å²) in [5.74, 6) is 0.284. The molecule has 0 heterocycles. The topological polar surface area (TPSA) is 75.7 Å². The summed E-state index contributed by atoms with van der Waals surface area (Å²) in [5.41, 5.74) is 2.49. The van der Waals surface area contributed by atoms with E-state index in [1.165, 1.54) is 11.4 Å². The van der Waals surface area contributed by atoms with Crippen LogP contribution < -0.4 is 14.4 Å². The van der Waals surface area contributed by atoms with Crippen LogP contribution in [0.5, 0.6) is 5.75 Å². The molecule has 0 aliphatic rings. The summed E-state index contributed by atoms with van der Waals surface area (Å²) in [4.78, 5) is 12.8. The number of amides is 1. The molecular weight excluding hydrogens is 364 g/mol. The Hall–Kier alpha value is -2.54. The van der Waals surface area contributed by atoms with Crippen LogP contribution in [-0.2, 0) is 21.4 Å². The molecule has 0 saturated heterocycles. The van der Waals surface area contributed by atoms with Crippen molar-refractivity contribution in [3.63, 3.8) is 0 Å². The zero-order valence-corrected chi connectivity index (χ0v) is 16.9. The number of carbonyl (C=O) groups excluding carboxylic acids is 1. The van der Waals surface area contributed by atoms with E-state index < -0.39 is 16.1 Å². The van der Waals surface area contributed by atoms with Gasteiger partial charge in [0.05, 0.1) is 19.1 Å². The number of sulfonamides is 1. The van der Waals surface area contributed by atoms with Crippen LogP contribution in [0.25, 0.3) is 0 Å². The van der Waals surface area contributed by atoms with Crippen molar-refractivity contribution in [3.05, 3.63) is 59.7 Å². The first-order chi connectivity index (χ1) is 12.8. The van der Waals surface area contributed by atoms with Crippen LogP contribution in [0.3, 0.4) is 0 Å². The van der Waals surface area contributed by atoms with E-state index >= 15 is 0 Å². The Bertz CT molecular complexity index is 879. The molecule has 6 nitrogen and oxygen atoms in total. The van der Waals surface area contributed by atoms with Crippen molar-refractivity contribution in [3.8, 4) is 5.75 Å². The monoisotopic (exact) mass is 390 g/mol. The Labute approximate surface area is 161 Å². The Morgan fingerprint density at radius 3 is 2.30 bits per heavy atom. The highest BCUT2D eigenvalue weighted by Crippen LogP contribution is 2.25. The Balaban J connectivity index is 2.26. The molecule has 2 aromatic rings. The zero-order valence-electron chi connectivity index (χ0n) is 16.1. The smallest absolute Gasteiger partial charge is 0.244 e. The maximum absolute atomic E-state index is 12.8. The number of anilines is 1. The number of nitrogens with zero attached hydrogens (tertiary/aromatic N) is 1. The molecule has 1 N–H and O–H groups in total. The lowest BCUT2D eigenvalue weighted by Gasteiger charge is -2.30. The van der Waals surface area contributed by atoms with Gasteiger partial charge in [0.1, 0.15) is 11.8 Å². The van der Waals surface area contributed by atoms with Gasteiger partial charge in [0.2, 0.25) is 15.9 Å². The van der Waals surface area contributed by atoms with Crippen LogP contribution in [0.2, 0.25) is 0 Å². The normalized spacial score (nSPS) is 12.3. The molecule has 2 aromatic carbocycles. The first-order valence-corrected chi connectivity index (χ1v) is 10.6. The minimum Gasteiger partial charge on any atom is -0.497 e. The first kappa shape index (κ1) is 20.8. The van der Waals surface area contributed by atoms with Gasteiger partial charge in [0.15, 0.2) is 0 Å². The molecule has 7 heteroatoms. The molecule has 0 aromatic heterocycles. The average Bonchev–Trinajstić information content (AvgIpc) is 2.64. The molecule has 0 saturated carbocycles. The van der Waals surface area contributed by atoms with Gasteiger partial charge in [0, 0.05) is 6.54 Å². The number of benzene rings is 2. The summed E-state index contributed by atoms with van der Waals surface area (Å²) in [6.45, 7) is 4.11. The van der Waals surface area contributed by atoms with Crippen molar-refractivity contribution < 1.29 is 17.9 Å². The summed E-state index contributed by atoms with van der Waals surface area (Å²) in [7, 11) is -2.11. The highest BCUT2D eigenvalue weighted by molar-refractivity contribution is 7.92. The lowest BCUT2D eigenvalue weighted by molar-refractivity contribution is -0.122. The number of hydrogen-bond acceptors (Lipinski definition) is 4. The van der Waals surface area contributed by atoms with Gasteiger partial charge in [-0.25, -0.2) is 8.42 Å². The lowest BCUT2D eigenvalue weighted by atomic mass is 10.1. The van der Waals surface area contributed by atoms with Crippen molar-refractivity contribution in [1.29, 1.82) is 0 Å². The minimum atomic E-state index is -3.65. The number of methoxy groups -OCH3 is 1. The maximum atomic E-state index is 12.8. The minimum absolute atomic E-state index is 0.331. The fourth-order valence-corrected chi connectivity index (χ4v) is 4.11. The summed E-state index contributed by atoms with van der Waals surface area (Å²) in [6.07, 6.45) is 1.45. The predicted molar refractivity (Wildman–Crippen MR) is 107 cm³/mol. The number of aryl methyl sites for hydroxylation is 1. The van der Waals surface area contributed by atoms with Gasteiger partial charge in [-0.3, -0.25) is 9.10 Å². The van der Waals surface area contributed by atoms with Crippen LogP contribution >= 0.6 is 0 Å². The first-order valence-electron chi connectivity index (χ1n) is 8.73. The van der Waals surface area contributed by atoms with E-state index in [0.29, 0.717) is 24.4 Å². The number of hydrogen-bond donors (Lipinski definition) is 1. The van der Waals surface area contributed by atoms with Gasteiger partial charge >= 0.3 is 0 Å². The molecule has 0 unspecified atom stereocenters. The number of ether oxygens (including phenoxy) is 1. The fraction of sp³-hybridized carbons (Fsp3) is 0.350. The van der Waals surface area contributed by atoms with Crippen LogP contribution in [0.15, 0.2) is 48.5 Å². The van der Waals surface area contributed by atoms with Crippen molar-refractivity contribution in [1.82, 2.24) is 5.32 Å². The van der Waals surface area contributed by atoms with Crippen molar-refractivity contribution in [2.75, 3.05) is 17.7 Å². The van der Waals surface area contributed by atoms with Crippen LogP contribution in [-0.4, -0.2) is 33.7 Å². The van der Waals surface area contributed by atoms with E-state index in [1.807, 2.05) is 31.2 Å². The number of nitrogens with one attached hydrogen (secondary N) is 1. The molecule has 146 valence electrons. The number of carbonyl (C=O) groups is 1. The summed E-state index contributed by atoms with van der Waals surface area (Å²) < 4.78 is 31.2. The second-order valence-corrected chi connectivity index (χ2v) is 8.18. The van der Waals surface area contributed by atoms with Crippen molar-refractivity contribution in [2.24, 2.45) is 0 Å². The van der Waals surface area contributed by atoms with E-state index in [4.69, 9.17) is 4.74 Å². The maximum Gasteiger partial charge on any atom is 0.244 e. The number of rotatable bonds is 8. The Kier molecular flexibility index (Phi) is 6.85. The van der Waals surface area contributed by atoms with Gasteiger partial charge in [-0.2, -0.15) is 0 Å². The third kappa shape index (κ3) is 5.23. The average molecular weight is 391 g/mol. The van der Waals surface area contributed by atoms with Gasteiger partial charge in [-0.1, -0.05) is 31.2 Å². The standard InChI is InChI=1S/C20H26N2O4S/c1-5-19(20(23)21-14-16-9-7-6-8-15(16)2)22(27(4,24)25)17-10-12-18(26-3)13-11-17/h6-13,19H,5,14H2,1-4H3,(H,21,23)/t19-/m0/s1. The largest absolute Gasteiger partial charge is 0.497 e. The quantitative estimate of drug-likeness (QED) is 0.752. The molecule has 2 rings (SSSR count). The van der Waals surface area contributed by atoms with E-state index in [9.17, 15) is 13.2 Å². The summed E-state index contributed by atoms with van der Waals surface area (Å²) >= 11 is 0. The van der Waals surface area contributed by atoms with Gasteiger partial charge in [-0.15, -0.1) is 0 Å². The second-order valence-electron chi connectivity index (χ2n) is 6.33. The van der Waals surface area contributed by atoms with E-state index in [-0.39, 0.29) is 5.91 Å². The zero-order chi connectivity index (χ0) is 20.0. The van der Waals surface area contributed by atoms with E-state index in [1.54, 1.807) is 31.2 Å². The van der Waals surface area contributed by atoms with E-state index in [0.717, 1.165) is 17.4 Å². The Morgan fingerprint density at radius 1 is 1.15 bits per heavy atom. The van der Waals surface area contributed by atoms with Crippen molar-refractivity contribution in [2.45, 2.75) is 32.9 Å².